The van der Waals surface area contributed by atoms with Crippen LogP contribution in [0.5, 0.6) is 0 Å². The molecule has 1 fully saturated rings. The van der Waals surface area contributed by atoms with Crippen molar-refractivity contribution < 1.29 is 22.3 Å². The Morgan fingerprint density at radius 1 is 1.17 bits per heavy atom. The summed E-state index contributed by atoms with van der Waals surface area (Å²) in [4.78, 5) is 6.08. The van der Waals surface area contributed by atoms with Crippen LogP contribution in [0, 0.1) is 11.2 Å². The van der Waals surface area contributed by atoms with E-state index in [1.807, 2.05) is 11.9 Å². The first kappa shape index (κ1) is 22.1. The minimum atomic E-state index is -4.81. The quantitative estimate of drug-likeness (QED) is 0.654. The Bertz CT molecular complexity index is 911. The molecular formula is C21H26F4N4O. The number of rotatable bonds is 6. The lowest BCUT2D eigenvalue weighted by Gasteiger charge is -2.34. The maximum atomic E-state index is 13.7. The van der Waals surface area contributed by atoms with Crippen molar-refractivity contribution in [3.63, 3.8) is 0 Å². The number of nitrogens with two attached hydrogens (primary N) is 2. The van der Waals surface area contributed by atoms with Crippen molar-refractivity contribution in [3.8, 4) is 11.3 Å². The molecular weight excluding hydrogens is 400 g/mol. The summed E-state index contributed by atoms with van der Waals surface area (Å²) in [6.45, 7) is 1.27. The molecule has 5 nitrogen and oxygen atoms in total. The first-order chi connectivity index (χ1) is 14.1. The fraction of sp³-hybridized carbons (Fsp3) is 0.476. The predicted octanol–water partition coefficient (Wildman–Crippen LogP) is 4.71. The van der Waals surface area contributed by atoms with E-state index in [1.54, 1.807) is 13.2 Å². The molecule has 0 saturated heterocycles. The number of hydrogen-bond acceptors (Lipinski definition) is 5. The summed E-state index contributed by atoms with van der Waals surface area (Å²) in [5, 5.41) is 0. The van der Waals surface area contributed by atoms with E-state index in [0.29, 0.717) is 18.8 Å². The van der Waals surface area contributed by atoms with Crippen LogP contribution in [0.2, 0.25) is 0 Å². The van der Waals surface area contributed by atoms with Gasteiger partial charge in [0.25, 0.3) is 0 Å². The van der Waals surface area contributed by atoms with Gasteiger partial charge in [0.2, 0.25) is 0 Å². The van der Waals surface area contributed by atoms with E-state index in [2.05, 4.69) is 4.98 Å². The smallest absolute Gasteiger partial charge is 0.394 e. The molecule has 0 spiro atoms. The molecule has 3 rings (SSSR count). The number of hydrogen-bond donors (Lipinski definition) is 2. The van der Waals surface area contributed by atoms with Crippen LogP contribution in [0.15, 0.2) is 24.3 Å². The van der Waals surface area contributed by atoms with Crippen molar-refractivity contribution in [1.82, 2.24) is 4.98 Å². The number of nitrogens with zero attached hydrogens (tertiary/aromatic N) is 2. The van der Waals surface area contributed by atoms with Crippen molar-refractivity contribution in [2.75, 3.05) is 43.7 Å². The third kappa shape index (κ3) is 4.45. The number of ether oxygens (including phenoxy) is 1. The number of aromatic nitrogens is 1. The van der Waals surface area contributed by atoms with E-state index in [1.165, 1.54) is 6.07 Å². The molecule has 4 N–H and O–H groups in total. The second kappa shape index (κ2) is 8.29. The lowest BCUT2D eigenvalue weighted by Crippen LogP contribution is -2.37. The van der Waals surface area contributed by atoms with Gasteiger partial charge in [-0.05, 0) is 37.1 Å². The van der Waals surface area contributed by atoms with E-state index in [-0.39, 0.29) is 28.2 Å². The van der Waals surface area contributed by atoms with Crippen molar-refractivity contribution in [3.05, 3.63) is 35.6 Å². The maximum absolute atomic E-state index is 13.7. The molecule has 1 saturated carbocycles. The molecule has 1 aliphatic rings. The Labute approximate surface area is 173 Å². The molecule has 164 valence electrons. The van der Waals surface area contributed by atoms with E-state index in [4.69, 9.17) is 16.2 Å². The lowest BCUT2D eigenvalue weighted by atomic mass is 9.86. The average molecular weight is 426 g/mol. The Morgan fingerprint density at radius 2 is 1.83 bits per heavy atom. The summed E-state index contributed by atoms with van der Waals surface area (Å²) in [5.41, 5.74) is 11.9. The number of nitrogen functional groups attached to an aromatic ring is 2. The van der Waals surface area contributed by atoms with Crippen LogP contribution in [0.4, 0.5) is 34.8 Å². The zero-order valence-corrected chi connectivity index (χ0v) is 17.0. The van der Waals surface area contributed by atoms with Gasteiger partial charge in [0.1, 0.15) is 11.6 Å². The highest BCUT2D eigenvalue weighted by molar-refractivity contribution is 5.82. The highest BCUT2D eigenvalue weighted by Crippen LogP contribution is 2.41. The second-order valence-corrected chi connectivity index (χ2v) is 8.01. The zero-order chi connectivity index (χ0) is 22.1. The summed E-state index contributed by atoms with van der Waals surface area (Å²) in [6.07, 6.45) is -0.538. The first-order valence-electron chi connectivity index (χ1n) is 9.69. The van der Waals surface area contributed by atoms with Crippen molar-refractivity contribution in [1.29, 1.82) is 0 Å². The number of benzene rings is 1. The summed E-state index contributed by atoms with van der Waals surface area (Å²) < 4.78 is 58.4. The standard InChI is InChI=1S/C21H26F4N4O/c1-29(11-20(12-30-2)7-3-4-8-20)17-10-16(28-19(27)18(17)26)13-5-6-15(22)14(9-13)21(23,24)25/h5-6,9-10H,3-4,7-8,11-12,26H2,1-2H3,(H2,27,28). The molecule has 30 heavy (non-hydrogen) atoms. The molecule has 0 bridgehead atoms. The highest BCUT2D eigenvalue weighted by Gasteiger charge is 2.36. The maximum Gasteiger partial charge on any atom is 0.419 e. The van der Waals surface area contributed by atoms with Gasteiger partial charge in [-0.15, -0.1) is 0 Å². The van der Waals surface area contributed by atoms with Gasteiger partial charge in [0.05, 0.1) is 29.2 Å². The molecule has 1 aromatic heterocycles. The van der Waals surface area contributed by atoms with Crippen molar-refractivity contribution >= 4 is 17.2 Å². The molecule has 1 heterocycles. The SMILES string of the molecule is COCC1(CN(C)c2cc(-c3ccc(F)c(C(F)(F)F)c3)nc(N)c2N)CCCC1. The number of alkyl halides is 3. The predicted molar refractivity (Wildman–Crippen MR) is 110 cm³/mol. The van der Waals surface area contributed by atoms with E-state index in [9.17, 15) is 17.6 Å². The molecule has 2 aromatic rings. The highest BCUT2D eigenvalue weighted by atomic mass is 19.4. The van der Waals surface area contributed by atoms with Crippen LogP contribution in [0.25, 0.3) is 11.3 Å². The minimum Gasteiger partial charge on any atom is -0.394 e. The second-order valence-electron chi connectivity index (χ2n) is 8.01. The Morgan fingerprint density at radius 3 is 2.43 bits per heavy atom. The molecule has 0 amide bonds. The topological polar surface area (TPSA) is 77.4 Å². The normalized spacial score (nSPS) is 16.1. The Kier molecular flexibility index (Phi) is 6.12. The van der Waals surface area contributed by atoms with Gasteiger partial charge in [0.15, 0.2) is 0 Å². The largest absolute Gasteiger partial charge is 0.419 e. The van der Waals surface area contributed by atoms with E-state index >= 15 is 0 Å². The van der Waals surface area contributed by atoms with Gasteiger partial charge in [-0.3, -0.25) is 0 Å². The summed E-state index contributed by atoms with van der Waals surface area (Å²) in [7, 11) is 3.53. The van der Waals surface area contributed by atoms with Crippen LogP contribution >= 0.6 is 0 Å². The number of methoxy groups -OCH3 is 1. The molecule has 0 unspecified atom stereocenters. The third-order valence-corrected chi connectivity index (χ3v) is 5.73. The van der Waals surface area contributed by atoms with E-state index in [0.717, 1.165) is 37.8 Å². The zero-order valence-electron chi connectivity index (χ0n) is 17.0. The monoisotopic (exact) mass is 426 g/mol. The number of halogens is 4. The van der Waals surface area contributed by atoms with Gasteiger partial charge in [-0.2, -0.15) is 13.2 Å². The average Bonchev–Trinajstić information content (AvgIpc) is 3.11. The number of pyridine rings is 1. The molecule has 0 aliphatic heterocycles. The summed E-state index contributed by atoms with van der Waals surface area (Å²) in [6, 6.07) is 4.35. The van der Waals surface area contributed by atoms with Gasteiger partial charge in [0, 0.05) is 31.7 Å². The van der Waals surface area contributed by atoms with Crippen LogP contribution in [0.1, 0.15) is 31.2 Å². The number of anilines is 3. The van der Waals surface area contributed by atoms with Crippen LogP contribution < -0.4 is 16.4 Å². The van der Waals surface area contributed by atoms with Crippen LogP contribution in [0.3, 0.4) is 0 Å². The van der Waals surface area contributed by atoms with Crippen molar-refractivity contribution in [2.45, 2.75) is 31.9 Å². The fourth-order valence-electron chi connectivity index (χ4n) is 4.29. The summed E-state index contributed by atoms with van der Waals surface area (Å²) >= 11 is 0. The fourth-order valence-corrected chi connectivity index (χ4v) is 4.29. The molecule has 0 radical (unpaired) electrons. The van der Waals surface area contributed by atoms with Gasteiger partial charge < -0.3 is 21.1 Å². The van der Waals surface area contributed by atoms with E-state index < -0.39 is 17.6 Å². The Balaban J connectivity index is 1.99. The molecule has 9 heteroatoms. The van der Waals surface area contributed by atoms with Crippen LogP contribution in [-0.2, 0) is 10.9 Å². The van der Waals surface area contributed by atoms with Gasteiger partial charge in [-0.1, -0.05) is 12.8 Å². The van der Waals surface area contributed by atoms with Gasteiger partial charge in [-0.25, -0.2) is 9.37 Å². The van der Waals surface area contributed by atoms with Crippen LogP contribution in [-0.4, -0.2) is 32.3 Å². The minimum absolute atomic E-state index is 0.0134. The molecule has 1 aromatic carbocycles. The molecule has 0 atom stereocenters. The third-order valence-electron chi connectivity index (χ3n) is 5.73. The lowest BCUT2D eigenvalue weighted by molar-refractivity contribution is -0.139. The van der Waals surface area contributed by atoms with Crippen molar-refractivity contribution in [2.24, 2.45) is 5.41 Å². The molecule has 1 aliphatic carbocycles. The summed E-state index contributed by atoms with van der Waals surface area (Å²) in [5.74, 6) is -1.32. The van der Waals surface area contributed by atoms with Gasteiger partial charge >= 0.3 is 6.18 Å². The Hall–Kier alpha value is -2.55. The first-order valence-corrected chi connectivity index (χ1v) is 9.69.